The number of anilines is 1. The fourth-order valence-electron chi connectivity index (χ4n) is 5.54. The molecule has 3 heterocycles. The molecule has 41 heavy (non-hydrogen) atoms. The molecule has 0 spiro atoms. The lowest BCUT2D eigenvalue weighted by Gasteiger charge is -2.20. The minimum absolute atomic E-state index is 0.0526. The first kappa shape index (κ1) is 26.6. The lowest BCUT2D eigenvalue weighted by molar-refractivity contribution is 0.00719. The number of aliphatic hydroxyl groups is 3. The van der Waals surface area contributed by atoms with Crippen LogP contribution in [0.1, 0.15) is 51.7 Å². The van der Waals surface area contributed by atoms with Crippen molar-refractivity contribution in [2.45, 2.75) is 43.2 Å². The second-order valence-electron chi connectivity index (χ2n) is 10.1. The predicted molar refractivity (Wildman–Crippen MR) is 148 cm³/mol. The molecular weight excluding hydrogens is 526 g/mol. The SMILES string of the molecule is O=C(O)c1nc(NCC(c2ccccc2)c2ccccc2)c2ncn([C@@H]3C[C@H](n4cc(CO)cn4)[C@@H](O)[C@H]3O)c2n1. The number of nitrogens with zero attached hydrogens (tertiary/aromatic N) is 6. The molecule has 5 N–H and O–H groups in total. The number of aliphatic hydroxyl groups excluding tert-OH is 3. The third-order valence-electron chi connectivity index (χ3n) is 7.65. The smallest absolute Gasteiger partial charge is 0.374 e. The highest BCUT2D eigenvalue weighted by molar-refractivity contribution is 5.90. The van der Waals surface area contributed by atoms with E-state index in [1.807, 2.05) is 60.7 Å². The van der Waals surface area contributed by atoms with Crippen LogP contribution in [0.4, 0.5) is 5.82 Å². The van der Waals surface area contributed by atoms with E-state index in [1.54, 1.807) is 10.8 Å². The Kier molecular flexibility index (Phi) is 7.18. The third-order valence-corrected chi connectivity index (χ3v) is 7.65. The van der Waals surface area contributed by atoms with Crippen LogP contribution in [0, 0.1) is 0 Å². The molecule has 0 aliphatic heterocycles. The Morgan fingerprint density at radius 3 is 2.24 bits per heavy atom. The van der Waals surface area contributed by atoms with Gasteiger partial charge in [0, 0.05) is 24.2 Å². The van der Waals surface area contributed by atoms with Crippen molar-refractivity contribution in [3.63, 3.8) is 0 Å². The minimum Gasteiger partial charge on any atom is -0.475 e. The van der Waals surface area contributed by atoms with Gasteiger partial charge in [-0.05, 0) is 17.5 Å². The highest BCUT2D eigenvalue weighted by atomic mass is 16.4. The molecule has 0 bridgehead atoms. The zero-order valence-electron chi connectivity index (χ0n) is 21.9. The largest absolute Gasteiger partial charge is 0.475 e. The molecule has 1 fully saturated rings. The highest BCUT2D eigenvalue weighted by Gasteiger charge is 2.44. The first-order chi connectivity index (χ1) is 19.9. The van der Waals surface area contributed by atoms with Crippen molar-refractivity contribution in [1.29, 1.82) is 0 Å². The van der Waals surface area contributed by atoms with E-state index in [4.69, 9.17) is 0 Å². The molecule has 3 aromatic heterocycles. The van der Waals surface area contributed by atoms with E-state index < -0.39 is 36.1 Å². The molecular formula is C29H29N7O5. The van der Waals surface area contributed by atoms with Gasteiger partial charge in [0.05, 0.1) is 31.2 Å². The summed E-state index contributed by atoms with van der Waals surface area (Å²) in [6.45, 7) is 0.215. The van der Waals surface area contributed by atoms with E-state index in [0.29, 0.717) is 17.6 Å². The standard InChI is InChI=1S/C29H29N7O5/c37-15-17-12-32-36(14-17)22-11-21(24(38)25(22)39)35-16-31-23-26(33-27(29(40)41)34-28(23)35)30-13-20(18-7-3-1-4-8-18)19-9-5-2-6-10-19/h1-10,12,14,16,20-22,24-25,37-39H,11,13,15H2,(H,40,41)(H,30,33,34)/t21-,22+,24+,25-/m1/s1. The summed E-state index contributed by atoms with van der Waals surface area (Å²) in [6.07, 6.45) is 2.53. The molecule has 0 saturated heterocycles. The Morgan fingerprint density at radius 2 is 1.63 bits per heavy atom. The van der Waals surface area contributed by atoms with Gasteiger partial charge in [-0.2, -0.15) is 5.10 Å². The van der Waals surface area contributed by atoms with Gasteiger partial charge in [-0.3, -0.25) is 4.68 Å². The maximum atomic E-state index is 12.0. The average molecular weight is 556 g/mol. The van der Waals surface area contributed by atoms with Gasteiger partial charge in [-0.25, -0.2) is 19.7 Å². The molecule has 1 aliphatic rings. The molecule has 0 amide bonds. The zero-order chi connectivity index (χ0) is 28.5. The van der Waals surface area contributed by atoms with Gasteiger partial charge in [0.2, 0.25) is 5.82 Å². The van der Waals surface area contributed by atoms with Crippen LogP contribution < -0.4 is 5.32 Å². The Hall–Kier alpha value is -4.65. The monoisotopic (exact) mass is 555 g/mol. The Labute approximate surface area is 234 Å². The number of nitrogens with one attached hydrogen (secondary N) is 1. The molecule has 12 heteroatoms. The lowest BCUT2D eigenvalue weighted by atomic mass is 9.91. The fraction of sp³-hybridized carbons (Fsp3) is 0.276. The molecule has 12 nitrogen and oxygen atoms in total. The van der Waals surface area contributed by atoms with Crippen LogP contribution in [0.3, 0.4) is 0 Å². The Bertz CT molecular complexity index is 1620. The number of fused-ring (bicyclic) bond motifs is 1. The maximum absolute atomic E-state index is 12.0. The number of imidazole rings is 1. The Morgan fingerprint density at radius 1 is 0.976 bits per heavy atom. The van der Waals surface area contributed by atoms with Crippen molar-refractivity contribution in [3.8, 4) is 0 Å². The van der Waals surface area contributed by atoms with Crippen LogP contribution in [0.15, 0.2) is 79.4 Å². The zero-order valence-corrected chi connectivity index (χ0v) is 21.9. The molecule has 2 aromatic carbocycles. The number of hydrogen-bond donors (Lipinski definition) is 5. The van der Waals surface area contributed by atoms with E-state index in [1.165, 1.54) is 17.2 Å². The summed E-state index contributed by atoms with van der Waals surface area (Å²) in [6, 6.07) is 18.7. The molecule has 5 aromatic rings. The average Bonchev–Trinajstić information content (AvgIpc) is 3.72. The van der Waals surface area contributed by atoms with Gasteiger partial charge in [0.1, 0.15) is 17.7 Å². The fourth-order valence-corrected chi connectivity index (χ4v) is 5.54. The van der Waals surface area contributed by atoms with E-state index in [-0.39, 0.29) is 30.4 Å². The van der Waals surface area contributed by atoms with Crippen LogP contribution >= 0.6 is 0 Å². The van der Waals surface area contributed by atoms with Gasteiger partial charge >= 0.3 is 5.97 Å². The number of rotatable bonds is 9. The van der Waals surface area contributed by atoms with Crippen molar-refractivity contribution in [3.05, 3.63) is 102 Å². The van der Waals surface area contributed by atoms with Gasteiger partial charge in [0.15, 0.2) is 11.5 Å². The number of carboxylic acid groups (broad SMARTS) is 1. The summed E-state index contributed by atoms with van der Waals surface area (Å²) in [7, 11) is 0. The first-order valence-corrected chi connectivity index (χ1v) is 13.3. The number of carbonyl (C=O) groups is 1. The third kappa shape index (κ3) is 5.04. The van der Waals surface area contributed by atoms with Gasteiger partial charge in [-0.1, -0.05) is 60.7 Å². The summed E-state index contributed by atoms with van der Waals surface area (Å²) in [5.74, 6) is -1.51. The predicted octanol–water partition coefficient (Wildman–Crippen LogP) is 2.37. The minimum atomic E-state index is -1.30. The number of carboxylic acids is 1. The Balaban J connectivity index is 1.34. The van der Waals surface area contributed by atoms with Crippen LogP contribution in [-0.2, 0) is 6.61 Å². The van der Waals surface area contributed by atoms with Crippen LogP contribution in [0.5, 0.6) is 0 Å². The molecule has 0 radical (unpaired) electrons. The molecule has 1 aliphatic carbocycles. The molecule has 0 unspecified atom stereocenters. The molecule has 4 atom stereocenters. The highest BCUT2D eigenvalue weighted by Crippen LogP contribution is 2.40. The first-order valence-electron chi connectivity index (χ1n) is 13.3. The topological polar surface area (TPSA) is 171 Å². The maximum Gasteiger partial charge on any atom is 0.374 e. The van der Waals surface area contributed by atoms with Crippen molar-refractivity contribution in [2.75, 3.05) is 11.9 Å². The summed E-state index contributed by atoms with van der Waals surface area (Å²) >= 11 is 0. The molecule has 1 saturated carbocycles. The number of benzene rings is 2. The second kappa shape index (κ2) is 11.1. The van der Waals surface area contributed by atoms with Crippen molar-refractivity contribution in [2.24, 2.45) is 0 Å². The van der Waals surface area contributed by atoms with Crippen LogP contribution in [-0.4, -0.2) is 74.4 Å². The summed E-state index contributed by atoms with van der Waals surface area (Å²) in [5.41, 5.74) is 3.32. The van der Waals surface area contributed by atoms with Crippen LogP contribution in [0.25, 0.3) is 11.2 Å². The summed E-state index contributed by atoms with van der Waals surface area (Å²) in [4.78, 5) is 25.0. The van der Waals surface area contributed by atoms with Gasteiger partial charge in [-0.15, -0.1) is 0 Å². The quantitative estimate of drug-likeness (QED) is 0.182. The number of aromatic carboxylic acids is 1. The number of hydrogen-bond acceptors (Lipinski definition) is 9. The van der Waals surface area contributed by atoms with Crippen molar-refractivity contribution in [1.82, 2.24) is 29.3 Å². The van der Waals surface area contributed by atoms with E-state index >= 15 is 0 Å². The van der Waals surface area contributed by atoms with Crippen LogP contribution in [0.2, 0.25) is 0 Å². The van der Waals surface area contributed by atoms with Crippen molar-refractivity contribution < 1.29 is 25.2 Å². The molecule has 210 valence electrons. The summed E-state index contributed by atoms with van der Waals surface area (Å²) in [5, 5.41) is 48.6. The van der Waals surface area contributed by atoms with Gasteiger partial charge < -0.3 is 30.3 Å². The second-order valence-corrected chi connectivity index (χ2v) is 10.1. The van der Waals surface area contributed by atoms with E-state index in [2.05, 4.69) is 25.4 Å². The lowest BCUT2D eigenvalue weighted by Crippen LogP contribution is -2.30. The van der Waals surface area contributed by atoms with Gasteiger partial charge in [0.25, 0.3) is 0 Å². The molecule has 6 rings (SSSR count). The summed E-state index contributed by atoms with van der Waals surface area (Å²) < 4.78 is 3.11. The van der Waals surface area contributed by atoms with Crippen molar-refractivity contribution >= 4 is 23.0 Å². The van der Waals surface area contributed by atoms with E-state index in [9.17, 15) is 25.2 Å². The normalized spacial score (nSPS) is 20.6. The van der Waals surface area contributed by atoms with E-state index in [0.717, 1.165) is 11.1 Å². The number of aromatic nitrogens is 6.